The van der Waals surface area contributed by atoms with E-state index in [1.807, 2.05) is 5.32 Å². The van der Waals surface area contributed by atoms with Crippen LogP contribution in [0.4, 0.5) is 13.2 Å². The number of nitrogens with one attached hydrogen (secondary N) is 1. The Bertz CT molecular complexity index is 640. The van der Waals surface area contributed by atoms with Gasteiger partial charge in [0, 0.05) is 0 Å². The Labute approximate surface area is 136 Å². The highest BCUT2D eigenvalue weighted by Crippen LogP contribution is 2.58. The van der Waals surface area contributed by atoms with Crippen molar-refractivity contribution in [3.05, 3.63) is 29.8 Å². The Morgan fingerprint density at radius 2 is 1.75 bits per heavy atom. The molecular formula is C16H18F3NO4. The molecule has 8 heteroatoms. The van der Waals surface area contributed by atoms with Crippen molar-refractivity contribution in [2.24, 2.45) is 17.3 Å². The third-order valence-electron chi connectivity index (χ3n) is 4.44. The Morgan fingerprint density at radius 3 is 2.12 bits per heavy atom. The number of carboxylic acids is 1. The maximum Gasteiger partial charge on any atom is 0.412 e. The van der Waals surface area contributed by atoms with Crippen molar-refractivity contribution < 1.29 is 32.6 Å². The van der Waals surface area contributed by atoms with E-state index in [1.54, 1.807) is 13.8 Å². The monoisotopic (exact) mass is 345 g/mol. The molecule has 1 aliphatic rings. The number of carbonyl (C=O) groups excluding carboxylic acids is 1. The third kappa shape index (κ3) is 3.32. The number of benzene rings is 1. The zero-order chi connectivity index (χ0) is 18.3. The molecule has 0 saturated heterocycles. The SMILES string of the molecule is COc1ccc(C(NC(=O)[C@@H]2[C@H](C(=O)O)C2(C)C)C(F)(F)F)cc1. The number of halogens is 3. The minimum atomic E-state index is -4.71. The van der Waals surface area contributed by atoms with Crippen LogP contribution in [0.2, 0.25) is 0 Å². The fourth-order valence-electron chi connectivity index (χ4n) is 2.97. The van der Waals surface area contributed by atoms with Gasteiger partial charge in [-0.05, 0) is 23.1 Å². The summed E-state index contributed by atoms with van der Waals surface area (Å²) in [4.78, 5) is 23.3. The number of hydrogen-bond donors (Lipinski definition) is 2. The summed E-state index contributed by atoms with van der Waals surface area (Å²) in [7, 11) is 1.39. The van der Waals surface area contributed by atoms with E-state index in [0.29, 0.717) is 5.75 Å². The second-order valence-corrected chi connectivity index (χ2v) is 6.37. The van der Waals surface area contributed by atoms with Crippen molar-refractivity contribution in [3.8, 4) is 5.75 Å². The van der Waals surface area contributed by atoms with Gasteiger partial charge in [0.05, 0.1) is 18.9 Å². The number of carboxylic acid groups (broad SMARTS) is 1. The first-order valence-corrected chi connectivity index (χ1v) is 7.24. The fourth-order valence-corrected chi connectivity index (χ4v) is 2.97. The molecule has 0 spiro atoms. The topological polar surface area (TPSA) is 75.6 Å². The van der Waals surface area contributed by atoms with Gasteiger partial charge < -0.3 is 15.2 Å². The molecule has 24 heavy (non-hydrogen) atoms. The molecule has 2 N–H and O–H groups in total. The van der Waals surface area contributed by atoms with Crippen LogP contribution in [0, 0.1) is 17.3 Å². The molecule has 0 bridgehead atoms. The molecule has 1 fully saturated rings. The second kappa shape index (κ2) is 5.99. The lowest BCUT2D eigenvalue weighted by molar-refractivity contribution is -0.164. The van der Waals surface area contributed by atoms with Crippen molar-refractivity contribution in [3.63, 3.8) is 0 Å². The summed E-state index contributed by atoms with van der Waals surface area (Å²) in [5, 5.41) is 11.0. The van der Waals surface area contributed by atoms with Gasteiger partial charge in [-0.2, -0.15) is 13.2 Å². The van der Waals surface area contributed by atoms with Crippen molar-refractivity contribution in [1.82, 2.24) is 5.32 Å². The lowest BCUT2D eigenvalue weighted by atomic mass is 10.0. The van der Waals surface area contributed by atoms with Crippen LogP contribution >= 0.6 is 0 Å². The molecule has 1 unspecified atom stereocenters. The minimum Gasteiger partial charge on any atom is -0.497 e. The van der Waals surface area contributed by atoms with E-state index >= 15 is 0 Å². The van der Waals surface area contributed by atoms with E-state index in [-0.39, 0.29) is 5.56 Å². The first-order valence-electron chi connectivity index (χ1n) is 7.24. The van der Waals surface area contributed by atoms with E-state index in [2.05, 4.69) is 0 Å². The van der Waals surface area contributed by atoms with E-state index in [0.717, 1.165) is 0 Å². The molecule has 1 saturated carbocycles. The minimum absolute atomic E-state index is 0.151. The summed E-state index contributed by atoms with van der Waals surface area (Å²) >= 11 is 0. The predicted octanol–water partition coefficient (Wildman–Crippen LogP) is 2.77. The molecule has 0 radical (unpaired) electrons. The molecule has 2 rings (SSSR count). The highest BCUT2D eigenvalue weighted by atomic mass is 19.4. The van der Waals surface area contributed by atoms with Crippen molar-refractivity contribution in [1.29, 1.82) is 0 Å². The first-order chi connectivity index (χ1) is 11.0. The van der Waals surface area contributed by atoms with Gasteiger partial charge in [-0.25, -0.2) is 0 Å². The lowest BCUT2D eigenvalue weighted by Gasteiger charge is -2.22. The van der Waals surface area contributed by atoms with E-state index < -0.39 is 41.3 Å². The fraction of sp³-hybridized carbons (Fsp3) is 0.500. The Hall–Kier alpha value is -2.25. The first kappa shape index (κ1) is 18.1. The smallest absolute Gasteiger partial charge is 0.412 e. The summed E-state index contributed by atoms with van der Waals surface area (Å²) in [5.41, 5.74) is -1.02. The average molecular weight is 345 g/mol. The zero-order valence-corrected chi connectivity index (χ0v) is 13.3. The quantitative estimate of drug-likeness (QED) is 0.860. The normalized spacial score (nSPS) is 23.2. The summed E-state index contributed by atoms with van der Waals surface area (Å²) < 4.78 is 44.9. The Morgan fingerprint density at radius 1 is 1.21 bits per heavy atom. The molecule has 1 aliphatic carbocycles. The van der Waals surface area contributed by atoms with Crippen molar-refractivity contribution >= 4 is 11.9 Å². The number of amides is 1. The standard InChI is InChI=1S/C16H18F3NO4/c1-15(2)10(11(15)14(22)23)13(21)20-12(16(17,18)19)8-4-6-9(24-3)7-5-8/h4-7,10-12H,1-3H3,(H,20,21)(H,22,23)/t10-,11+,12?/m0/s1. The number of alkyl halides is 3. The molecule has 1 aromatic carbocycles. The summed E-state index contributed by atoms with van der Waals surface area (Å²) in [5.74, 6) is -3.68. The molecular weight excluding hydrogens is 327 g/mol. The highest BCUT2D eigenvalue weighted by molar-refractivity contribution is 5.91. The molecule has 5 nitrogen and oxygen atoms in total. The van der Waals surface area contributed by atoms with Gasteiger partial charge in [0.1, 0.15) is 5.75 Å². The van der Waals surface area contributed by atoms with Crippen LogP contribution in [0.25, 0.3) is 0 Å². The van der Waals surface area contributed by atoms with Gasteiger partial charge in [-0.3, -0.25) is 9.59 Å². The molecule has 0 heterocycles. The molecule has 132 valence electrons. The van der Waals surface area contributed by atoms with Crippen LogP contribution in [0.1, 0.15) is 25.5 Å². The summed E-state index contributed by atoms with van der Waals surface area (Å²) in [6.07, 6.45) is -4.71. The maximum absolute atomic E-state index is 13.3. The Kier molecular flexibility index (Phi) is 4.52. The number of hydrogen-bond acceptors (Lipinski definition) is 3. The summed E-state index contributed by atoms with van der Waals surface area (Å²) in [6, 6.07) is 2.94. The molecule has 3 atom stereocenters. The number of ether oxygens (including phenoxy) is 1. The predicted molar refractivity (Wildman–Crippen MR) is 78.3 cm³/mol. The van der Waals surface area contributed by atoms with E-state index in [1.165, 1.54) is 31.4 Å². The van der Waals surface area contributed by atoms with Gasteiger partial charge in [-0.15, -0.1) is 0 Å². The average Bonchev–Trinajstić information content (AvgIpc) is 3.06. The Balaban J connectivity index is 2.21. The van der Waals surface area contributed by atoms with Crippen LogP contribution in [0.5, 0.6) is 5.75 Å². The molecule has 1 aromatic rings. The van der Waals surface area contributed by atoms with Crippen LogP contribution in [0.15, 0.2) is 24.3 Å². The number of rotatable bonds is 5. The van der Waals surface area contributed by atoms with Crippen LogP contribution in [-0.4, -0.2) is 30.3 Å². The number of carbonyl (C=O) groups is 2. The maximum atomic E-state index is 13.3. The van der Waals surface area contributed by atoms with Gasteiger partial charge in [0.2, 0.25) is 5.91 Å². The van der Waals surface area contributed by atoms with Crippen molar-refractivity contribution in [2.45, 2.75) is 26.1 Å². The van der Waals surface area contributed by atoms with E-state index in [4.69, 9.17) is 9.84 Å². The second-order valence-electron chi connectivity index (χ2n) is 6.37. The number of aliphatic carboxylic acids is 1. The molecule has 1 amide bonds. The molecule has 0 aliphatic heterocycles. The summed E-state index contributed by atoms with van der Waals surface area (Å²) in [6.45, 7) is 3.10. The van der Waals surface area contributed by atoms with Gasteiger partial charge in [0.15, 0.2) is 6.04 Å². The molecule has 0 aromatic heterocycles. The van der Waals surface area contributed by atoms with Crippen molar-refractivity contribution in [2.75, 3.05) is 7.11 Å². The lowest BCUT2D eigenvalue weighted by Crippen LogP contribution is -2.39. The van der Waals surface area contributed by atoms with E-state index in [9.17, 15) is 22.8 Å². The van der Waals surface area contributed by atoms with Crippen LogP contribution < -0.4 is 10.1 Å². The zero-order valence-electron chi connectivity index (χ0n) is 13.3. The number of methoxy groups -OCH3 is 1. The van der Waals surface area contributed by atoms with Gasteiger partial charge in [0.25, 0.3) is 0 Å². The highest BCUT2D eigenvalue weighted by Gasteiger charge is 2.66. The largest absolute Gasteiger partial charge is 0.497 e. The third-order valence-corrected chi connectivity index (χ3v) is 4.44. The van der Waals surface area contributed by atoms with Gasteiger partial charge >= 0.3 is 12.1 Å². The van der Waals surface area contributed by atoms with Crippen LogP contribution in [0.3, 0.4) is 0 Å². The van der Waals surface area contributed by atoms with Gasteiger partial charge in [-0.1, -0.05) is 26.0 Å². The van der Waals surface area contributed by atoms with Crippen LogP contribution in [-0.2, 0) is 9.59 Å².